The molecule has 0 bridgehead atoms. The number of nitrogens with zero attached hydrogens (tertiary/aromatic N) is 1. The second kappa shape index (κ2) is 10.4. The molecule has 0 aliphatic rings. The van der Waals surface area contributed by atoms with Gasteiger partial charge in [0.1, 0.15) is 0 Å². The second-order valence-electron chi connectivity index (χ2n) is 5.23. The van der Waals surface area contributed by atoms with Crippen LogP contribution in [0.2, 0.25) is 0 Å². The highest BCUT2D eigenvalue weighted by atomic mass is 15.0. The van der Waals surface area contributed by atoms with E-state index in [1.807, 2.05) is 0 Å². The molecular weight excluding hydrogens is 234 g/mol. The Hall–Kier alpha value is -1.51. The summed E-state index contributed by atoms with van der Waals surface area (Å²) in [6, 6.07) is 0. The third-order valence-corrected chi connectivity index (χ3v) is 2.84. The summed E-state index contributed by atoms with van der Waals surface area (Å²) in [4.78, 5) is 3.94. The number of aliphatic imine (C=N–C) groups is 1. The summed E-state index contributed by atoms with van der Waals surface area (Å²) in [6.45, 7) is 9.19. The first-order chi connectivity index (χ1) is 8.91. The Morgan fingerprint density at radius 1 is 0.842 bits per heavy atom. The predicted octanol–water partition coefficient (Wildman–Crippen LogP) is 3.68. The molecule has 0 amide bonds. The fourth-order valence-electron chi connectivity index (χ4n) is 1.65. The molecule has 0 saturated heterocycles. The van der Waals surface area contributed by atoms with Crippen LogP contribution >= 0.6 is 0 Å². The minimum Gasteiger partial charge on any atom is -0.370 e. The molecule has 0 unspecified atom stereocenters. The summed E-state index contributed by atoms with van der Waals surface area (Å²) >= 11 is 0. The maximum absolute atomic E-state index is 5.27. The molecule has 0 fully saturated rings. The van der Waals surface area contributed by atoms with E-state index in [2.05, 4.69) is 50.9 Å². The van der Waals surface area contributed by atoms with Crippen molar-refractivity contribution < 1.29 is 0 Å². The first-order valence-electron chi connectivity index (χ1n) is 6.92. The first kappa shape index (κ1) is 17.5. The first-order valence-corrected chi connectivity index (χ1v) is 6.92. The molecule has 0 rings (SSSR count). The van der Waals surface area contributed by atoms with Crippen LogP contribution in [0.4, 0.5) is 0 Å². The molecule has 19 heavy (non-hydrogen) atoms. The van der Waals surface area contributed by atoms with Gasteiger partial charge in [0.2, 0.25) is 0 Å². The molecule has 0 aliphatic carbocycles. The Bertz CT molecular complexity index is 365. The SMILES string of the molecule is CC(C)=CCC/C(C)=C/CC/C(C)=C/CN=C(N)N. The fourth-order valence-corrected chi connectivity index (χ4v) is 1.65. The third kappa shape index (κ3) is 12.7. The van der Waals surface area contributed by atoms with E-state index < -0.39 is 0 Å². The Morgan fingerprint density at radius 2 is 1.37 bits per heavy atom. The Balaban J connectivity index is 3.93. The van der Waals surface area contributed by atoms with Crippen LogP contribution in [-0.4, -0.2) is 12.5 Å². The lowest BCUT2D eigenvalue weighted by atomic mass is 10.1. The van der Waals surface area contributed by atoms with Gasteiger partial charge < -0.3 is 11.5 Å². The highest BCUT2D eigenvalue weighted by molar-refractivity contribution is 5.75. The van der Waals surface area contributed by atoms with Crippen molar-refractivity contribution in [3.63, 3.8) is 0 Å². The lowest BCUT2D eigenvalue weighted by molar-refractivity contribution is 0.914. The van der Waals surface area contributed by atoms with Gasteiger partial charge in [-0.05, 0) is 53.4 Å². The van der Waals surface area contributed by atoms with E-state index in [1.165, 1.54) is 16.7 Å². The minimum absolute atomic E-state index is 0.152. The van der Waals surface area contributed by atoms with Crippen molar-refractivity contribution in [2.45, 2.75) is 53.4 Å². The van der Waals surface area contributed by atoms with Gasteiger partial charge in [0.25, 0.3) is 0 Å². The van der Waals surface area contributed by atoms with Crippen LogP contribution in [0.25, 0.3) is 0 Å². The van der Waals surface area contributed by atoms with Gasteiger partial charge in [-0.2, -0.15) is 0 Å². The van der Waals surface area contributed by atoms with Crippen molar-refractivity contribution in [3.8, 4) is 0 Å². The van der Waals surface area contributed by atoms with Gasteiger partial charge in [-0.15, -0.1) is 0 Å². The van der Waals surface area contributed by atoms with Crippen molar-refractivity contribution in [2.75, 3.05) is 6.54 Å². The van der Waals surface area contributed by atoms with Crippen molar-refractivity contribution in [3.05, 3.63) is 34.9 Å². The van der Waals surface area contributed by atoms with Gasteiger partial charge >= 0.3 is 0 Å². The summed E-state index contributed by atoms with van der Waals surface area (Å²) in [7, 11) is 0. The lowest BCUT2D eigenvalue weighted by Crippen LogP contribution is -2.22. The maximum Gasteiger partial charge on any atom is 0.186 e. The zero-order chi connectivity index (χ0) is 14.7. The van der Waals surface area contributed by atoms with E-state index >= 15 is 0 Å². The Kier molecular flexibility index (Phi) is 9.59. The normalized spacial score (nSPS) is 12.2. The Labute approximate surface area is 118 Å². The Morgan fingerprint density at radius 3 is 1.89 bits per heavy atom. The fraction of sp³-hybridized carbons (Fsp3) is 0.562. The van der Waals surface area contributed by atoms with E-state index in [4.69, 9.17) is 11.5 Å². The number of rotatable bonds is 8. The summed E-state index contributed by atoms with van der Waals surface area (Å²) < 4.78 is 0. The van der Waals surface area contributed by atoms with E-state index in [9.17, 15) is 0 Å². The summed E-state index contributed by atoms with van der Waals surface area (Å²) in [5, 5.41) is 0. The second-order valence-corrected chi connectivity index (χ2v) is 5.23. The van der Waals surface area contributed by atoms with Crippen LogP contribution in [-0.2, 0) is 0 Å². The average Bonchev–Trinajstić information content (AvgIpc) is 2.27. The van der Waals surface area contributed by atoms with Gasteiger partial charge in [0.15, 0.2) is 5.96 Å². The van der Waals surface area contributed by atoms with Crippen molar-refractivity contribution >= 4 is 5.96 Å². The quantitative estimate of drug-likeness (QED) is 0.398. The molecule has 108 valence electrons. The van der Waals surface area contributed by atoms with Gasteiger partial charge in [-0.3, -0.25) is 0 Å². The van der Waals surface area contributed by atoms with E-state index in [0.717, 1.165) is 25.7 Å². The molecule has 3 nitrogen and oxygen atoms in total. The summed E-state index contributed by atoms with van der Waals surface area (Å²) in [6.07, 6.45) is 11.2. The monoisotopic (exact) mass is 263 g/mol. The van der Waals surface area contributed by atoms with E-state index in [1.54, 1.807) is 0 Å². The van der Waals surface area contributed by atoms with Gasteiger partial charge in [0.05, 0.1) is 6.54 Å². The van der Waals surface area contributed by atoms with E-state index in [0.29, 0.717) is 6.54 Å². The van der Waals surface area contributed by atoms with Crippen LogP contribution in [0.15, 0.2) is 39.9 Å². The lowest BCUT2D eigenvalue weighted by Gasteiger charge is -2.01. The molecule has 0 aromatic rings. The molecule has 4 N–H and O–H groups in total. The molecule has 0 aromatic heterocycles. The molecule has 0 heterocycles. The zero-order valence-corrected chi connectivity index (χ0v) is 12.9. The largest absolute Gasteiger partial charge is 0.370 e. The van der Waals surface area contributed by atoms with Gasteiger partial charge in [0, 0.05) is 0 Å². The molecular formula is C16H29N3. The van der Waals surface area contributed by atoms with Crippen molar-refractivity contribution in [1.29, 1.82) is 0 Å². The van der Waals surface area contributed by atoms with Crippen LogP contribution in [0.5, 0.6) is 0 Å². The van der Waals surface area contributed by atoms with Crippen LogP contribution in [0.1, 0.15) is 53.4 Å². The van der Waals surface area contributed by atoms with Crippen molar-refractivity contribution in [2.24, 2.45) is 16.5 Å². The topological polar surface area (TPSA) is 64.4 Å². The molecule has 3 heteroatoms. The van der Waals surface area contributed by atoms with Crippen LogP contribution < -0.4 is 11.5 Å². The summed E-state index contributed by atoms with van der Waals surface area (Å²) in [5.74, 6) is 0.152. The molecule has 0 radical (unpaired) electrons. The molecule has 0 aromatic carbocycles. The predicted molar refractivity (Wildman–Crippen MR) is 86.1 cm³/mol. The third-order valence-electron chi connectivity index (χ3n) is 2.84. The molecule has 0 spiro atoms. The van der Waals surface area contributed by atoms with Crippen LogP contribution in [0, 0.1) is 0 Å². The molecule has 0 aliphatic heterocycles. The number of guanidine groups is 1. The van der Waals surface area contributed by atoms with Gasteiger partial charge in [-0.25, -0.2) is 4.99 Å². The zero-order valence-electron chi connectivity index (χ0n) is 12.9. The van der Waals surface area contributed by atoms with Crippen LogP contribution in [0.3, 0.4) is 0 Å². The number of nitrogens with two attached hydrogens (primary N) is 2. The number of hydrogen-bond acceptors (Lipinski definition) is 1. The molecule has 0 saturated carbocycles. The molecule has 0 atom stereocenters. The standard InChI is InChI=1S/C16H29N3/c1-13(2)7-5-8-14(3)9-6-10-15(4)11-12-19-16(17)18/h7,9,11H,5-6,8,10,12H2,1-4H3,(H4,17,18,19)/b14-9+,15-11+. The highest BCUT2D eigenvalue weighted by Crippen LogP contribution is 2.11. The van der Waals surface area contributed by atoms with E-state index in [-0.39, 0.29) is 5.96 Å². The number of hydrogen-bond donors (Lipinski definition) is 2. The van der Waals surface area contributed by atoms with Gasteiger partial charge in [-0.1, -0.05) is 34.9 Å². The maximum atomic E-state index is 5.27. The number of allylic oxidation sites excluding steroid dienone is 5. The minimum atomic E-state index is 0.152. The smallest absolute Gasteiger partial charge is 0.186 e. The highest BCUT2D eigenvalue weighted by Gasteiger charge is 1.91. The summed E-state index contributed by atoms with van der Waals surface area (Å²) in [5.41, 5.74) is 14.7. The van der Waals surface area contributed by atoms with Crippen molar-refractivity contribution in [1.82, 2.24) is 0 Å². The average molecular weight is 263 g/mol.